The normalized spacial score (nSPS) is 14.5. The highest BCUT2D eigenvalue weighted by Crippen LogP contribution is 2.20. The quantitative estimate of drug-likeness (QED) is 0.647. The van der Waals surface area contributed by atoms with Crippen LogP contribution in [0.15, 0.2) is 35.6 Å². The van der Waals surface area contributed by atoms with Gasteiger partial charge in [-0.05, 0) is 18.6 Å². The minimum atomic E-state index is 0.0121. The molecule has 0 atom stereocenters. The lowest BCUT2D eigenvalue weighted by molar-refractivity contribution is 0.930. The van der Waals surface area contributed by atoms with Gasteiger partial charge in [0.25, 0.3) is 5.56 Å². The lowest BCUT2D eigenvalue weighted by Gasteiger charge is -2.04. The SMILES string of the molecule is C=C1CCc2nc3ccccc3c(=O)n21. The molecule has 3 rings (SSSR count). The third-order valence-corrected chi connectivity index (χ3v) is 2.80. The Morgan fingerprint density at radius 3 is 2.93 bits per heavy atom. The summed E-state index contributed by atoms with van der Waals surface area (Å²) in [5.74, 6) is 0.837. The van der Waals surface area contributed by atoms with Crippen LogP contribution in [0.25, 0.3) is 16.6 Å². The van der Waals surface area contributed by atoms with E-state index in [4.69, 9.17) is 0 Å². The molecule has 0 amide bonds. The van der Waals surface area contributed by atoms with Gasteiger partial charge in [0.1, 0.15) is 5.82 Å². The third kappa shape index (κ3) is 1.06. The summed E-state index contributed by atoms with van der Waals surface area (Å²) in [4.78, 5) is 16.6. The summed E-state index contributed by atoms with van der Waals surface area (Å²) in [5.41, 5.74) is 1.65. The van der Waals surface area contributed by atoms with E-state index in [9.17, 15) is 4.79 Å². The number of aromatic nitrogens is 2. The van der Waals surface area contributed by atoms with Gasteiger partial charge in [-0.25, -0.2) is 4.98 Å². The van der Waals surface area contributed by atoms with Crippen LogP contribution in [-0.4, -0.2) is 9.55 Å². The Hall–Kier alpha value is -1.90. The topological polar surface area (TPSA) is 34.9 Å². The number of hydrogen-bond donors (Lipinski definition) is 0. The second-order valence-corrected chi connectivity index (χ2v) is 3.75. The summed E-state index contributed by atoms with van der Waals surface area (Å²) >= 11 is 0. The molecular weight excluding hydrogens is 188 g/mol. The van der Waals surface area contributed by atoms with Gasteiger partial charge in [0.15, 0.2) is 0 Å². The lowest BCUT2D eigenvalue weighted by Crippen LogP contribution is -2.19. The molecule has 1 aliphatic heterocycles. The van der Waals surface area contributed by atoms with Gasteiger partial charge in [-0.1, -0.05) is 18.7 Å². The fourth-order valence-electron chi connectivity index (χ4n) is 2.04. The molecule has 0 aliphatic carbocycles. The van der Waals surface area contributed by atoms with Crippen molar-refractivity contribution in [2.75, 3.05) is 0 Å². The van der Waals surface area contributed by atoms with Gasteiger partial charge >= 0.3 is 0 Å². The second kappa shape index (κ2) is 2.79. The standard InChI is InChI=1S/C12H10N2O/c1-8-6-7-11-13-10-5-3-2-4-9(10)12(15)14(8)11/h2-5H,1,6-7H2. The first kappa shape index (κ1) is 8.41. The number of rotatable bonds is 0. The fourth-order valence-corrected chi connectivity index (χ4v) is 2.04. The minimum absolute atomic E-state index is 0.0121. The molecule has 1 aromatic carbocycles. The van der Waals surface area contributed by atoms with E-state index in [-0.39, 0.29) is 5.56 Å². The highest BCUT2D eigenvalue weighted by atomic mass is 16.1. The molecule has 3 heteroatoms. The highest BCUT2D eigenvalue weighted by Gasteiger charge is 2.18. The van der Waals surface area contributed by atoms with E-state index in [2.05, 4.69) is 11.6 Å². The van der Waals surface area contributed by atoms with Crippen molar-refractivity contribution >= 4 is 16.6 Å². The second-order valence-electron chi connectivity index (χ2n) is 3.75. The minimum Gasteiger partial charge on any atom is -0.269 e. The molecule has 1 aliphatic rings. The van der Waals surface area contributed by atoms with Crippen LogP contribution in [0.4, 0.5) is 0 Å². The Kier molecular flexibility index (Phi) is 1.57. The Bertz CT molecular complexity index is 625. The molecule has 0 saturated heterocycles. The first-order valence-electron chi connectivity index (χ1n) is 4.96. The number of nitrogens with zero attached hydrogens (tertiary/aromatic N) is 2. The molecule has 1 aromatic heterocycles. The van der Waals surface area contributed by atoms with Crippen LogP contribution in [0, 0.1) is 0 Å². The number of benzene rings is 1. The maximum Gasteiger partial charge on any atom is 0.265 e. The van der Waals surface area contributed by atoms with Crippen molar-refractivity contribution in [2.24, 2.45) is 0 Å². The van der Waals surface area contributed by atoms with E-state index in [1.54, 1.807) is 4.57 Å². The summed E-state index contributed by atoms with van der Waals surface area (Å²) < 4.78 is 1.64. The Balaban J connectivity index is 2.52. The molecule has 0 spiro atoms. The molecule has 2 aromatic rings. The van der Waals surface area contributed by atoms with Crippen molar-refractivity contribution < 1.29 is 0 Å². The van der Waals surface area contributed by atoms with Crippen molar-refractivity contribution in [2.45, 2.75) is 12.8 Å². The molecule has 2 heterocycles. The zero-order valence-electron chi connectivity index (χ0n) is 8.23. The van der Waals surface area contributed by atoms with E-state index in [1.165, 1.54) is 0 Å². The van der Waals surface area contributed by atoms with E-state index in [0.29, 0.717) is 5.39 Å². The number of allylic oxidation sites excluding steroid dienone is 1. The van der Waals surface area contributed by atoms with Crippen molar-refractivity contribution in [3.05, 3.63) is 47.0 Å². The molecule has 0 radical (unpaired) electrons. The summed E-state index contributed by atoms with van der Waals surface area (Å²) in [7, 11) is 0. The third-order valence-electron chi connectivity index (χ3n) is 2.80. The molecule has 3 nitrogen and oxygen atoms in total. The first-order chi connectivity index (χ1) is 7.27. The van der Waals surface area contributed by atoms with Crippen molar-refractivity contribution in [1.82, 2.24) is 9.55 Å². The van der Waals surface area contributed by atoms with Gasteiger partial charge in [-0.2, -0.15) is 0 Å². The van der Waals surface area contributed by atoms with Gasteiger partial charge in [0.2, 0.25) is 0 Å². The maximum absolute atomic E-state index is 12.1. The molecule has 0 unspecified atom stereocenters. The number of hydrogen-bond acceptors (Lipinski definition) is 2. The van der Waals surface area contributed by atoms with Crippen molar-refractivity contribution in [1.29, 1.82) is 0 Å². The largest absolute Gasteiger partial charge is 0.269 e. The molecular formula is C12H10N2O. The smallest absolute Gasteiger partial charge is 0.265 e. The fraction of sp³-hybridized carbons (Fsp3) is 0.167. The van der Waals surface area contributed by atoms with Gasteiger partial charge in [-0.15, -0.1) is 0 Å². The number of aryl methyl sites for hydroxylation is 1. The predicted octanol–water partition coefficient (Wildman–Crippen LogP) is 1.81. The zero-order chi connectivity index (χ0) is 10.4. The predicted molar refractivity (Wildman–Crippen MR) is 59.7 cm³/mol. The molecule has 74 valence electrons. The summed E-state index contributed by atoms with van der Waals surface area (Å²) in [6, 6.07) is 7.44. The van der Waals surface area contributed by atoms with Crippen molar-refractivity contribution in [3.63, 3.8) is 0 Å². The van der Waals surface area contributed by atoms with Crippen LogP contribution in [0.3, 0.4) is 0 Å². The van der Waals surface area contributed by atoms with Crippen LogP contribution in [0.2, 0.25) is 0 Å². The highest BCUT2D eigenvalue weighted by molar-refractivity contribution is 5.78. The van der Waals surface area contributed by atoms with E-state index in [0.717, 1.165) is 29.9 Å². The van der Waals surface area contributed by atoms with Gasteiger partial charge in [0, 0.05) is 12.1 Å². The van der Waals surface area contributed by atoms with Crippen LogP contribution in [0.1, 0.15) is 12.2 Å². The van der Waals surface area contributed by atoms with Crippen LogP contribution >= 0.6 is 0 Å². The van der Waals surface area contributed by atoms with Crippen LogP contribution in [-0.2, 0) is 6.42 Å². The van der Waals surface area contributed by atoms with Gasteiger partial charge in [0.05, 0.1) is 10.9 Å². The number of para-hydroxylation sites is 1. The van der Waals surface area contributed by atoms with Crippen molar-refractivity contribution in [3.8, 4) is 0 Å². The molecule has 0 saturated carbocycles. The Labute approximate surface area is 86.7 Å². The first-order valence-corrected chi connectivity index (χ1v) is 4.96. The van der Waals surface area contributed by atoms with Gasteiger partial charge < -0.3 is 0 Å². The van der Waals surface area contributed by atoms with Crippen LogP contribution < -0.4 is 5.56 Å². The van der Waals surface area contributed by atoms with E-state index >= 15 is 0 Å². The molecule has 0 fully saturated rings. The molecule has 0 N–H and O–H groups in total. The zero-order valence-corrected chi connectivity index (χ0v) is 8.23. The average molecular weight is 198 g/mol. The maximum atomic E-state index is 12.1. The summed E-state index contributed by atoms with van der Waals surface area (Å²) in [6.45, 7) is 3.89. The summed E-state index contributed by atoms with van der Waals surface area (Å²) in [5, 5.41) is 0.671. The molecule has 0 bridgehead atoms. The Morgan fingerprint density at radius 1 is 1.27 bits per heavy atom. The van der Waals surface area contributed by atoms with E-state index < -0.39 is 0 Å². The number of fused-ring (bicyclic) bond motifs is 2. The van der Waals surface area contributed by atoms with Crippen LogP contribution in [0.5, 0.6) is 0 Å². The lowest BCUT2D eigenvalue weighted by atomic mass is 10.2. The van der Waals surface area contributed by atoms with E-state index in [1.807, 2.05) is 24.3 Å². The monoisotopic (exact) mass is 198 g/mol. The Morgan fingerprint density at radius 2 is 2.07 bits per heavy atom. The van der Waals surface area contributed by atoms with Gasteiger partial charge in [-0.3, -0.25) is 9.36 Å². The molecule has 15 heavy (non-hydrogen) atoms. The average Bonchev–Trinajstić information content (AvgIpc) is 2.61. The summed E-state index contributed by atoms with van der Waals surface area (Å²) in [6.07, 6.45) is 1.65.